The largest absolute Gasteiger partial charge is 0.0845 e. The van der Waals surface area contributed by atoms with E-state index in [1.54, 1.807) is 0 Å². The molecule has 0 saturated heterocycles. The molecule has 0 radical (unpaired) electrons. The zero-order valence-corrected chi connectivity index (χ0v) is 10.3. The van der Waals surface area contributed by atoms with Crippen LogP contribution in [0.15, 0.2) is 24.3 Å². The Morgan fingerprint density at radius 1 is 0.688 bits per heavy atom. The highest BCUT2D eigenvalue weighted by molar-refractivity contribution is 5.14. The number of fused-ring (bicyclic) bond motifs is 4. The van der Waals surface area contributed by atoms with Crippen LogP contribution in [0.4, 0.5) is 0 Å². The smallest absolute Gasteiger partial charge is 0.0168 e. The van der Waals surface area contributed by atoms with Crippen molar-refractivity contribution in [1.29, 1.82) is 0 Å². The minimum absolute atomic E-state index is 0.938. The lowest BCUT2D eigenvalue weighted by atomic mass is 9.52. The first kappa shape index (κ1) is 10.6. The zero-order chi connectivity index (χ0) is 10.8. The molecule has 0 heteroatoms. The molecule has 0 amide bonds. The maximum Gasteiger partial charge on any atom is -0.0168 e. The summed E-state index contributed by atoms with van der Waals surface area (Å²) in [6, 6.07) is 0. The average Bonchev–Trinajstić information content (AvgIpc) is 2.23. The Balaban J connectivity index is 1.73. The summed E-state index contributed by atoms with van der Waals surface area (Å²) in [6.45, 7) is 0. The van der Waals surface area contributed by atoms with Gasteiger partial charge in [0.15, 0.2) is 0 Å². The summed E-state index contributed by atoms with van der Waals surface area (Å²) in [6.07, 6.45) is 21.2. The van der Waals surface area contributed by atoms with Gasteiger partial charge in [-0.15, -0.1) is 0 Å². The molecule has 0 bridgehead atoms. The fourth-order valence-electron chi connectivity index (χ4n) is 4.36. The standard InChI is InChI=1S/C16H24/c1-2-6-10-14-13(9-5-1)15-11-7-3-4-8-12-16(14)15/h1-2,5,9,13-16H,3-4,6-8,10-12H2. The molecule has 4 unspecified atom stereocenters. The van der Waals surface area contributed by atoms with E-state index in [9.17, 15) is 0 Å². The highest BCUT2D eigenvalue weighted by Crippen LogP contribution is 2.54. The molecule has 0 nitrogen and oxygen atoms in total. The van der Waals surface area contributed by atoms with Crippen LogP contribution in [0.2, 0.25) is 0 Å². The second kappa shape index (κ2) is 4.77. The molecule has 0 aromatic heterocycles. The molecule has 0 aliphatic heterocycles. The molecule has 2 saturated carbocycles. The van der Waals surface area contributed by atoms with Gasteiger partial charge >= 0.3 is 0 Å². The quantitative estimate of drug-likeness (QED) is 0.549. The summed E-state index contributed by atoms with van der Waals surface area (Å²) >= 11 is 0. The summed E-state index contributed by atoms with van der Waals surface area (Å²) in [4.78, 5) is 0. The predicted molar refractivity (Wildman–Crippen MR) is 69.2 cm³/mol. The average molecular weight is 216 g/mol. The minimum Gasteiger partial charge on any atom is -0.0845 e. The van der Waals surface area contributed by atoms with E-state index in [1.807, 2.05) is 0 Å². The normalized spacial score (nSPS) is 43.0. The van der Waals surface area contributed by atoms with Gasteiger partial charge in [0.05, 0.1) is 0 Å². The van der Waals surface area contributed by atoms with Crippen molar-refractivity contribution in [3.63, 3.8) is 0 Å². The Morgan fingerprint density at radius 3 is 2.31 bits per heavy atom. The van der Waals surface area contributed by atoms with Gasteiger partial charge in [-0.2, -0.15) is 0 Å². The summed E-state index contributed by atoms with van der Waals surface area (Å²) < 4.78 is 0. The molecule has 4 atom stereocenters. The Kier molecular flexibility index (Phi) is 3.17. The lowest BCUT2D eigenvalue weighted by Gasteiger charge is -2.53. The van der Waals surface area contributed by atoms with Gasteiger partial charge in [-0.25, -0.2) is 0 Å². The number of hydrogen-bond acceptors (Lipinski definition) is 0. The monoisotopic (exact) mass is 216 g/mol. The molecule has 0 aromatic rings. The van der Waals surface area contributed by atoms with Gasteiger partial charge in [0, 0.05) is 0 Å². The molecule has 3 aliphatic rings. The van der Waals surface area contributed by atoms with Crippen molar-refractivity contribution >= 4 is 0 Å². The molecule has 3 aliphatic carbocycles. The number of hydrogen-bond donors (Lipinski definition) is 0. The van der Waals surface area contributed by atoms with E-state index in [0.29, 0.717) is 0 Å². The van der Waals surface area contributed by atoms with E-state index in [0.717, 1.165) is 23.7 Å². The van der Waals surface area contributed by atoms with Crippen molar-refractivity contribution in [3.8, 4) is 0 Å². The van der Waals surface area contributed by atoms with Gasteiger partial charge in [0.2, 0.25) is 0 Å². The van der Waals surface area contributed by atoms with Crippen LogP contribution in [0.25, 0.3) is 0 Å². The van der Waals surface area contributed by atoms with Gasteiger partial charge < -0.3 is 0 Å². The Bertz CT molecular complexity index is 286. The van der Waals surface area contributed by atoms with Gasteiger partial charge in [-0.3, -0.25) is 0 Å². The third-order valence-corrected chi connectivity index (χ3v) is 5.16. The van der Waals surface area contributed by atoms with Crippen LogP contribution in [0, 0.1) is 23.7 Å². The molecule has 16 heavy (non-hydrogen) atoms. The van der Waals surface area contributed by atoms with Crippen LogP contribution in [0.3, 0.4) is 0 Å². The van der Waals surface area contributed by atoms with Crippen LogP contribution in [0.1, 0.15) is 51.4 Å². The van der Waals surface area contributed by atoms with E-state index in [2.05, 4.69) is 24.3 Å². The summed E-state index contributed by atoms with van der Waals surface area (Å²) in [7, 11) is 0. The van der Waals surface area contributed by atoms with E-state index in [-0.39, 0.29) is 0 Å². The maximum absolute atomic E-state index is 2.52. The fraction of sp³-hybridized carbons (Fsp3) is 0.750. The molecule has 88 valence electrons. The molecule has 0 aromatic carbocycles. The lowest BCUT2D eigenvalue weighted by Crippen LogP contribution is -2.46. The van der Waals surface area contributed by atoms with Crippen molar-refractivity contribution in [1.82, 2.24) is 0 Å². The molecule has 2 fully saturated rings. The second-order valence-corrected chi connectivity index (χ2v) is 5.95. The van der Waals surface area contributed by atoms with Gasteiger partial charge in [-0.05, 0) is 49.4 Å². The van der Waals surface area contributed by atoms with E-state index in [4.69, 9.17) is 0 Å². The summed E-state index contributed by atoms with van der Waals surface area (Å²) in [5.74, 6) is 4.10. The molecule has 0 N–H and O–H groups in total. The third-order valence-electron chi connectivity index (χ3n) is 5.16. The first-order valence-corrected chi connectivity index (χ1v) is 7.30. The SMILES string of the molecule is C1=CCCC2C(C=C1)C1CCCCCCC21. The fourth-order valence-corrected chi connectivity index (χ4v) is 4.36. The summed E-state index contributed by atoms with van der Waals surface area (Å²) in [5.41, 5.74) is 0. The van der Waals surface area contributed by atoms with Crippen molar-refractivity contribution in [2.24, 2.45) is 23.7 Å². The Morgan fingerprint density at radius 2 is 1.44 bits per heavy atom. The van der Waals surface area contributed by atoms with Gasteiger partial charge in [0.25, 0.3) is 0 Å². The first-order valence-electron chi connectivity index (χ1n) is 7.30. The van der Waals surface area contributed by atoms with Crippen molar-refractivity contribution < 1.29 is 0 Å². The van der Waals surface area contributed by atoms with Crippen LogP contribution in [-0.4, -0.2) is 0 Å². The first-order chi connectivity index (χ1) is 7.97. The topological polar surface area (TPSA) is 0 Å². The van der Waals surface area contributed by atoms with Crippen molar-refractivity contribution in [2.75, 3.05) is 0 Å². The molecule has 0 heterocycles. The molecular formula is C16H24. The maximum atomic E-state index is 2.52. The van der Waals surface area contributed by atoms with E-state index in [1.165, 1.54) is 51.4 Å². The van der Waals surface area contributed by atoms with Crippen LogP contribution in [0.5, 0.6) is 0 Å². The zero-order valence-electron chi connectivity index (χ0n) is 10.3. The Hall–Kier alpha value is -0.520. The molecular weight excluding hydrogens is 192 g/mol. The van der Waals surface area contributed by atoms with Crippen molar-refractivity contribution in [2.45, 2.75) is 51.4 Å². The van der Waals surface area contributed by atoms with Crippen LogP contribution >= 0.6 is 0 Å². The third kappa shape index (κ3) is 1.87. The van der Waals surface area contributed by atoms with Gasteiger partial charge in [-0.1, -0.05) is 50.0 Å². The second-order valence-electron chi connectivity index (χ2n) is 5.95. The Labute approximate surface area is 99.8 Å². The molecule has 3 rings (SSSR count). The minimum atomic E-state index is 0.938. The van der Waals surface area contributed by atoms with Crippen LogP contribution < -0.4 is 0 Å². The van der Waals surface area contributed by atoms with Crippen molar-refractivity contribution in [3.05, 3.63) is 24.3 Å². The molecule has 0 spiro atoms. The predicted octanol–water partition coefficient (Wildman–Crippen LogP) is 4.73. The van der Waals surface area contributed by atoms with Gasteiger partial charge in [0.1, 0.15) is 0 Å². The summed E-state index contributed by atoms with van der Waals surface area (Å²) in [5, 5.41) is 0. The highest BCUT2D eigenvalue weighted by atomic mass is 14.5. The van der Waals surface area contributed by atoms with Crippen LogP contribution in [-0.2, 0) is 0 Å². The number of rotatable bonds is 0. The van der Waals surface area contributed by atoms with E-state index >= 15 is 0 Å². The van der Waals surface area contributed by atoms with E-state index < -0.39 is 0 Å². The lowest BCUT2D eigenvalue weighted by molar-refractivity contribution is -0.0159. The highest BCUT2D eigenvalue weighted by Gasteiger charge is 2.47. The number of allylic oxidation sites excluding steroid dienone is 4.